The number of rotatable bonds is 5. The van der Waals surface area contributed by atoms with Gasteiger partial charge in [0, 0.05) is 39.2 Å². The topological polar surface area (TPSA) is 23.4 Å². The van der Waals surface area contributed by atoms with Crippen LogP contribution in [0.5, 0.6) is 23.0 Å². The molecule has 200 valence electrons. The zero-order valence-corrected chi connectivity index (χ0v) is 23.1. The van der Waals surface area contributed by atoms with Crippen molar-refractivity contribution >= 4 is 43.4 Å². The number of benzene rings is 7. The molecule has 0 spiro atoms. The van der Waals surface area contributed by atoms with Gasteiger partial charge in [0.25, 0.3) is 0 Å². The molecular weight excluding hydrogens is 514 g/mol. The minimum absolute atomic E-state index is 0.751. The highest BCUT2D eigenvalue weighted by Crippen LogP contribution is 2.42. The van der Waals surface area contributed by atoms with E-state index >= 15 is 0 Å². The molecule has 8 aromatic rings. The second-order valence-corrected chi connectivity index (χ2v) is 10.6. The van der Waals surface area contributed by atoms with Gasteiger partial charge in [0.15, 0.2) is 0 Å². The summed E-state index contributed by atoms with van der Waals surface area (Å²) in [4.78, 5) is 0. The monoisotopic (exact) mass is 541 g/mol. The van der Waals surface area contributed by atoms with Crippen molar-refractivity contribution < 1.29 is 9.47 Å². The zero-order valence-electron chi connectivity index (χ0n) is 23.1. The Hall–Kier alpha value is -5.54. The molecule has 0 aliphatic heterocycles. The van der Waals surface area contributed by atoms with E-state index < -0.39 is 0 Å². The van der Waals surface area contributed by atoms with Crippen LogP contribution in [0.25, 0.3) is 49.0 Å². The maximum Gasteiger partial charge on any atom is 0.136 e. The lowest BCUT2D eigenvalue weighted by atomic mass is 10.1. The van der Waals surface area contributed by atoms with Crippen molar-refractivity contribution in [3.05, 3.63) is 151 Å². The first-order chi connectivity index (χ1) is 20.7. The molecule has 0 aliphatic rings. The van der Waals surface area contributed by atoms with Gasteiger partial charge in [0.1, 0.15) is 23.0 Å². The van der Waals surface area contributed by atoms with Crippen LogP contribution in [0.4, 0.5) is 0 Å². The molecule has 42 heavy (non-hydrogen) atoms. The van der Waals surface area contributed by atoms with Gasteiger partial charge in [0.2, 0.25) is 0 Å². The van der Waals surface area contributed by atoms with Crippen LogP contribution in [0.3, 0.4) is 0 Å². The summed E-state index contributed by atoms with van der Waals surface area (Å²) < 4.78 is 15.8. The predicted molar refractivity (Wildman–Crippen MR) is 174 cm³/mol. The summed E-state index contributed by atoms with van der Waals surface area (Å²) in [5, 5.41) is 6.83. The number of aromatic nitrogens is 1. The lowest BCUT2D eigenvalue weighted by Gasteiger charge is -2.19. The van der Waals surface area contributed by atoms with E-state index in [1.54, 1.807) is 0 Å². The first-order valence-corrected chi connectivity index (χ1v) is 14.2. The fourth-order valence-corrected chi connectivity index (χ4v) is 6.00. The molecule has 0 atom stereocenters. The minimum atomic E-state index is 0.751. The molecular formula is C39H27NO2. The van der Waals surface area contributed by atoms with Crippen molar-refractivity contribution in [3.8, 4) is 28.7 Å². The average Bonchev–Trinajstić information content (AvgIpc) is 3.38. The van der Waals surface area contributed by atoms with E-state index in [0.717, 1.165) is 66.8 Å². The first kappa shape index (κ1) is 24.3. The number of hydrogen-bond donors (Lipinski definition) is 0. The van der Waals surface area contributed by atoms with E-state index in [2.05, 4.69) is 121 Å². The Kier molecular flexibility index (Phi) is 5.68. The van der Waals surface area contributed by atoms with Crippen molar-refractivity contribution in [2.45, 2.75) is 6.92 Å². The third-order valence-corrected chi connectivity index (χ3v) is 8.07. The van der Waals surface area contributed by atoms with Crippen molar-refractivity contribution in [1.82, 2.24) is 4.57 Å². The first-order valence-electron chi connectivity index (χ1n) is 14.2. The molecule has 1 heterocycles. The molecule has 0 bridgehead atoms. The highest BCUT2D eigenvalue weighted by molar-refractivity contribution is 6.09. The standard InChI is InChI=1S/C39H27NO2/c1-26-38(41-36-22-10-14-27-12-2-4-16-30(27)36)24-29(25-39(26)42-37-23-11-15-28-13-3-5-17-31(28)37)40-34-20-8-6-18-32(34)33-19-7-9-21-35(33)40/h2-25H,1H3. The molecule has 7 aromatic carbocycles. The second kappa shape index (κ2) is 9.83. The summed E-state index contributed by atoms with van der Waals surface area (Å²) in [6, 6.07) is 50.3. The van der Waals surface area contributed by atoms with Crippen LogP contribution >= 0.6 is 0 Å². The quantitative estimate of drug-likeness (QED) is 0.216. The lowest BCUT2D eigenvalue weighted by molar-refractivity contribution is 0.458. The predicted octanol–water partition coefficient (Wildman–Crippen LogP) is 11.0. The number of fused-ring (bicyclic) bond motifs is 5. The maximum absolute atomic E-state index is 6.76. The Morgan fingerprint density at radius 1 is 0.405 bits per heavy atom. The molecule has 3 heteroatoms. The van der Waals surface area contributed by atoms with E-state index in [1.165, 1.54) is 10.8 Å². The number of nitrogens with zero attached hydrogens (tertiary/aromatic N) is 1. The summed E-state index contributed by atoms with van der Waals surface area (Å²) in [6.45, 7) is 2.07. The molecule has 0 fully saturated rings. The maximum atomic E-state index is 6.76. The van der Waals surface area contributed by atoms with Crippen molar-refractivity contribution in [1.29, 1.82) is 0 Å². The highest BCUT2D eigenvalue weighted by Gasteiger charge is 2.18. The number of ether oxygens (including phenoxy) is 2. The van der Waals surface area contributed by atoms with Gasteiger partial charge in [-0.25, -0.2) is 0 Å². The van der Waals surface area contributed by atoms with Crippen LogP contribution in [0.1, 0.15) is 5.56 Å². The van der Waals surface area contributed by atoms with Gasteiger partial charge in [-0.3, -0.25) is 0 Å². The van der Waals surface area contributed by atoms with Crippen LogP contribution < -0.4 is 9.47 Å². The summed E-state index contributed by atoms with van der Waals surface area (Å²) in [5.74, 6) is 3.13. The average molecular weight is 542 g/mol. The fourth-order valence-electron chi connectivity index (χ4n) is 6.00. The summed E-state index contributed by atoms with van der Waals surface area (Å²) in [7, 11) is 0. The SMILES string of the molecule is Cc1c(Oc2cccc3ccccc23)cc(-n2c3ccccc3c3ccccc32)cc1Oc1cccc2ccccc12. The fraction of sp³-hybridized carbons (Fsp3) is 0.0256. The third-order valence-electron chi connectivity index (χ3n) is 8.07. The molecule has 0 saturated heterocycles. The molecule has 1 aromatic heterocycles. The third kappa shape index (κ3) is 3.98. The molecule has 0 radical (unpaired) electrons. The zero-order chi connectivity index (χ0) is 28.0. The summed E-state index contributed by atoms with van der Waals surface area (Å²) >= 11 is 0. The van der Waals surface area contributed by atoms with E-state index in [1.807, 2.05) is 36.4 Å². The molecule has 0 unspecified atom stereocenters. The van der Waals surface area contributed by atoms with Crippen molar-refractivity contribution in [3.63, 3.8) is 0 Å². The van der Waals surface area contributed by atoms with Gasteiger partial charge < -0.3 is 14.0 Å². The van der Waals surface area contributed by atoms with Gasteiger partial charge in [0.05, 0.1) is 16.7 Å². The van der Waals surface area contributed by atoms with Gasteiger partial charge in [-0.2, -0.15) is 0 Å². The van der Waals surface area contributed by atoms with Crippen LogP contribution in [0.15, 0.2) is 146 Å². The van der Waals surface area contributed by atoms with Crippen molar-refractivity contribution in [2.24, 2.45) is 0 Å². The minimum Gasteiger partial charge on any atom is -0.456 e. The smallest absolute Gasteiger partial charge is 0.136 e. The van der Waals surface area contributed by atoms with Crippen LogP contribution in [0.2, 0.25) is 0 Å². The van der Waals surface area contributed by atoms with Crippen molar-refractivity contribution in [2.75, 3.05) is 0 Å². The number of para-hydroxylation sites is 2. The Morgan fingerprint density at radius 3 is 1.31 bits per heavy atom. The summed E-state index contributed by atoms with van der Waals surface area (Å²) in [6.07, 6.45) is 0. The van der Waals surface area contributed by atoms with E-state index in [4.69, 9.17) is 9.47 Å². The second-order valence-electron chi connectivity index (χ2n) is 10.6. The Morgan fingerprint density at radius 2 is 0.810 bits per heavy atom. The van der Waals surface area contributed by atoms with E-state index in [0.29, 0.717) is 0 Å². The van der Waals surface area contributed by atoms with Crippen LogP contribution in [0, 0.1) is 6.92 Å². The van der Waals surface area contributed by atoms with Gasteiger partial charge in [-0.05, 0) is 42.0 Å². The molecule has 3 nitrogen and oxygen atoms in total. The summed E-state index contributed by atoms with van der Waals surface area (Å²) in [5.41, 5.74) is 4.17. The Balaban J connectivity index is 1.37. The molecule has 0 N–H and O–H groups in total. The van der Waals surface area contributed by atoms with Crippen LogP contribution in [-0.2, 0) is 0 Å². The largest absolute Gasteiger partial charge is 0.456 e. The van der Waals surface area contributed by atoms with Gasteiger partial charge in [-0.1, -0.05) is 109 Å². The van der Waals surface area contributed by atoms with Gasteiger partial charge >= 0.3 is 0 Å². The van der Waals surface area contributed by atoms with E-state index in [-0.39, 0.29) is 0 Å². The normalized spacial score (nSPS) is 11.5. The molecule has 0 saturated carbocycles. The van der Waals surface area contributed by atoms with Gasteiger partial charge in [-0.15, -0.1) is 0 Å². The molecule has 0 aliphatic carbocycles. The number of hydrogen-bond acceptors (Lipinski definition) is 2. The molecule has 0 amide bonds. The van der Waals surface area contributed by atoms with E-state index in [9.17, 15) is 0 Å². The van der Waals surface area contributed by atoms with Crippen LogP contribution in [-0.4, -0.2) is 4.57 Å². The highest BCUT2D eigenvalue weighted by atomic mass is 16.5. The Bertz CT molecular complexity index is 2110. The molecule has 8 rings (SSSR count). The Labute approximate surface area is 243 Å². The lowest BCUT2D eigenvalue weighted by Crippen LogP contribution is -1.99.